The number of halogens is 1. The van der Waals surface area contributed by atoms with Crippen molar-refractivity contribution in [2.45, 2.75) is 30.6 Å². The molecule has 2 heteroatoms. The van der Waals surface area contributed by atoms with Gasteiger partial charge in [-0.2, -0.15) is 3.89 Å². The number of rotatable bonds is 1. The van der Waals surface area contributed by atoms with Gasteiger partial charge in [-0.05, 0) is 54.4 Å². The average molecular weight is 194 g/mol. The molecule has 0 nitrogen and oxygen atoms in total. The first kappa shape index (κ1) is 7.86. The van der Waals surface area contributed by atoms with Crippen molar-refractivity contribution in [3.05, 3.63) is 29.3 Å². The Balaban J connectivity index is 2.00. The molecule has 0 atom stereocenters. The molecule has 68 valence electrons. The van der Waals surface area contributed by atoms with Crippen molar-refractivity contribution >= 4 is 12.1 Å². The summed E-state index contributed by atoms with van der Waals surface area (Å²) in [5, 5.41) is 0. The largest absolute Gasteiger partial charge is 0.160 e. The lowest BCUT2D eigenvalue weighted by Crippen LogP contribution is -1.96. The van der Waals surface area contributed by atoms with Gasteiger partial charge in [0.1, 0.15) is 0 Å². The fourth-order valence-corrected chi connectivity index (χ4v) is 2.69. The van der Waals surface area contributed by atoms with Gasteiger partial charge in [0.15, 0.2) is 0 Å². The van der Waals surface area contributed by atoms with Crippen LogP contribution < -0.4 is 0 Å². The van der Waals surface area contributed by atoms with Crippen LogP contribution in [0.4, 0.5) is 3.89 Å². The van der Waals surface area contributed by atoms with Crippen molar-refractivity contribution in [2.24, 2.45) is 5.41 Å². The predicted molar refractivity (Wildman–Crippen MR) is 52.5 cm³/mol. The first-order chi connectivity index (χ1) is 6.31. The van der Waals surface area contributed by atoms with Gasteiger partial charge in [0.2, 0.25) is 0 Å². The SMILES string of the molecule is FSc1ccc2c(c1)CC1(CC1)C2. The molecule has 13 heavy (non-hydrogen) atoms. The van der Waals surface area contributed by atoms with E-state index in [4.69, 9.17) is 0 Å². The maximum Gasteiger partial charge on any atom is 0.0812 e. The molecule has 0 bridgehead atoms. The second kappa shape index (κ2) is 2.50. The van der Waals surface area contributed by atoms with Gasteiger partial charge in [0.25, 0.3) is 0 Å². The van der Waals surface area contributed by atoms with Crippen molar-refractivity contribution < 1.29 is 3.89 Å². The highest BCUT2D eigenvalue weighted by Gasteiger charge is 2.46. The third-order valence-corrected chi connectivity index (χ3v) is 3.79. The summed E-state index contributed by atoms with van der Waals surface area (Å²) in [4.78, 5) is 0.761. The fraction of sp³-hybridized carbons (Fsp3) is 0.455. The molecule has 1 saturated carbocycles. The van der Waals surface area contributed by atoms with Gasteiger partial charge < -0.3 is 0 Å². The van der Waals surface area contributed by atoms with E-state index in [-0.39, 0.29) is 0 Å². The van der Waals surface area contributed by atoms with E-state index in [1.54, 1.807) is 0 Å². The van der Waals surface area contributed by atoms with Crippen molar-refractivity contribution in [2.75, 3.05) is 0 Å². The molecule has 1 spiro atoms. The van der Waals surface area contributed by atoms with Crippen LogP contribution in [0.25, 0.3) is 0 Å². The molecule has 0 N–H and O–H groups in total. The normalized spacial score (nSPS) is 21.9. The van der Waals surface area contributed by atoms with Gasteiger partial charge in [0.05, 0.1) is 12.1 Å². The van der Waals surface area contributed by atoms with E-state index < -0.39 is 0 Å². The minimum absolute atomic E-state index is 0.355. The summed E-state index contributed by atoms with van der Waals surface area (Å²) >= 11 is 0.355. The zero-order valence-electron chi connectivity index (χ0n) is 7.35. The Morgan fingerprint density at radius 3 is 2.62 bits per heavy atom. The zero-order valence-corrected chi connectivity index (χ0v) is 8.16. The minimum atomic E-state index is 0.355. The number of hydrogen-bond donors (Lipinski definition) is 0. The van der Waals surface area contributed by atoms with E-state index in [0.717, 1.165) is 4.90 Å². The molecule has 1 aromatic rings. The van der Waals surface area contributed by atoms with Gasteiger partial charge in [-0.25, -0.2) is 0 Å². The molecule has 3 rings (SSSR count). The fourth-order valence-electron chi connectivity index (χ4n) is 2.39. The third kappa shape index (κ3) is 1.19. The molecule has 0 unspecified atom stereocenters. The molecule has 0 amide bonds. The summed E-state index contributed by atoms with van der Waals surface area (Å²) in [7, 11) is 0. The average Bonchev–Trinajstić information content (AvgIpc) is 2.78. The van der Waals surface area contributed by atoms with Gasteiger partial charge in [-0.3, -0.25) is 0 Å². The molecule has 2 aliphatic carbocycles. The molecule has 0 aliphatic heterocycles. The Morgan fingerprint density at radius 2 is 1.92 bits per heavy atom. The molecular weight excluding hydrogens is 183 g/mol. The van der Waals surface area contributed by atoms with Gasteiger partial charge in [-0.15, -0.1) is 0 Å². The van der Waals surface area contributed by atoms with E-state index in [2.05, 4.69) is 6.07 Å². The molecule has 0 radical (unpaired) electrons. The Hall–Kier alpha value is -0.500. The van der Waals surface area contributed by atoms with Crippen LogP contribution in [0.5, 0.6) is 0 Å². The lowest BCUT2D eigenvalue weighted by molar-refractivity contribution is 0.549. The summed E-state index contributed by atoms with van der Waals surface area (Å²) in [5.74, 6) is 0. The molecular formula is C11H11FS. The number of benzene rings is 1. The molecule has 0 saturated heterocycles. The summed E-state index contributed by atoms with van der Waals surface area (Å²) in [5.41, 5.74) is 3.46. The topological polar surface area (TPSA) is 0 Å². The summed E-state index contributed by atoms with van der Waals surface area (Å²) in [6.07, 6.45) is 5.18. The van der Waals surface area contributed by atoms with Crippen LogP contribution in [-0.4, -0.2) is 0 Å². The third-order valence-electron chi connectivity index (χ3n) is 3.35. The van der Waals surface area contributed by atoms with Crippen LogP contribution in [0.1, 0.15) is 24.0 Å². The van der Waals surface area contributed by atoms with Gasteiger partial charge in [-0.1, -0.05) is 6.07 Å². The second-order valence-corrected chi connectivity index (χ2v) is 4.99. The Labute approximate surface area is 81.8 Å². The zero-order chi connectivity index (χ0) is 8.89. The quantitative estimate of drug-likeness (QED) is 0.659. The van der Waals surface area contributed by atoms with E-state index in [1.165, 1.54) is 36.8 Å². The van der Waals surface area contributed by atoms with Crippen LogP contribution in [0.15, 0.2) is 23.1 Å². The summed E-state index contributed by atoms with van der Waals surface area (Å²) < 4.78 is 12.3. The van der Waals surface area contributed by atoms with Gasteiger partial charge in [0, 0.05) is 4.90 Å². The Kier molecular flexibility index (Phi) is 1.51. The van der Waals surface area contributed by atoms with Crippen molar-refractivity contribution in [1.29, 1.82) is 0 Å². The molecule has 0 aromatic heterocycles. The Morgan fingerprint density at radius 1 is 1.15 bits per heavy atom. The lowest BCUT2D eigenvalue weighted by atomic mass is 10.0. The molecule has 0 heterocycles. The van der Waals surface area contributed by atoms with Crippen LogP contribution in [0, 0.1) is 5.41 Å². The lowest BCUT2D eigenvalue weighted by Gasteiger charge is -1.99. The number of fused-ring (bicyclic) bond motifs is 1. The van der Waals surface area contributed by atoms with Crippen LogP contribution >= 0.6 is 12.1 Å². The molecule has 1 aromatic carbocycles. The maximum absolute atomic E-state index is 12.3. The first-order valence-electron chi connectivity index (χ1n) is 4.72. The summed E-state index contributed by atoms with van der Waals surface area (Å²) in [6.45, 7) is 0. The van der Waals surface area contributed by atoms with Crippen molar-refractivity contribution in [3.8, 4) is 0 Å². The van der Waals surface area contributed by atoms with E-state index in [1.807, 2.05) is 12.1 Å². The molecule has 2 aliphatic rings. The highest BCUT2D eigenvalue weighted by molar-refractivity contribution is 7.94. The second-order valence-electron chi connectivity index (χ2n) is 4.36. The van der Waals surface area contributed by atoms with Crippen LogP contribution in [0.2, 0.25) is 0 Å². The van der Waals surface area contributed by atoms with Gasteiger partial charge >= 0.3 is 0 Å². The highest BCUT2D eigenvalue weighted by atomic mass is 32.2. The van der Waals surface area contributed by atoms with E-state index >= 15 is 0 Å². The Bertz CT molecular complexity index is 355. The van der Waals surface area contributed by atoms with E-state index in [0.29, 0.717) is 17.6 Å². The summed E-state index contributed by atoms with van der Waals surface area (Å²) in [6, 6.07) is 6.02. The first-order valence-corrected chi connectivity index (χ1v) is 5.43. The smallest absolute Gasteiger partial charge is 0.0812 e. The maximum atomic E-state index is 12.3. The minimum Gasteiger partial charge on any atom is -0.160 e. The molecule has 1 fully saturated rings. The van der Waals surface area contributed by atoms with E-state index in [9.17, 15) is 3.89 Å². The van der Waals surface area contributed by atoms with Crippen molar-refractivity contribution in [1.82, 2.24) is 0 Å². The number of hydrogen-bond acceptors (Lipinski definition) is 1. The highest BCUT2D eigenvalue weighted by Crippen LogP contribution is 2.55. The van der Waals surface area contributed by atoms with Crippen LogP contribution in [-0.2, 0) is 12.8 Å². The van der Waals surface area contributed by atoms with Crippen LogP contribution in [0.3, 0.4) is 0 Å². The monoisotopic (exact) mass is 194 g/mol. The standard InChI is InChI=1S/C11H11FS/c12-13-10-2-1-8-6-11(3-4-11)7-9(8)5-10/h1-2,5H,3-4,6-7H2. The van der Waals surface area contributed by atoms with Crippen molar-refractivity contribution in [3.63, 3.8) is 0 Å². The predicted octanol–water partition coefficient (Wildman–Crippen LogP) is 3.54.